The van der Waals surface area contributed by atoms with E-state index in [1.165, 1.54) is 11.1 Å². The third-order valence-corrected chi connectivity index (χ3v) is 6.66. The van der Waals surface area contributed by atoms with Gasteiger partial charge in [0.15, 0.2) is 0 Å². The van der Waals surface area contributed by atoms with E-state index >= 15 is 0 Å². The molecule has 2 aromatic heterocycles. The minimum absolute atomic E-state index is 0.155. The first kappa shape index (κ1) is 19.1. The second-order valence-corrected chi connectivity index (χ2v) is 8.95. The lowest BCUT2D eigenvalue weighted by molar-refractivity contribution is 0.758. The van der Waals surface area contributed by atoms with Crippen LogP contribution in [0.5, 0.6) is 0 Å². The Morgan fingerprint density at radius 2 is 1.91 bits per heavy atom. The highest BCUT2D eigenvalue weighted by Crippen LogP contribution is 2.37. The first-order chi connectivity index (χ1) is 15.7. The quantitative estimate of drug-likeness (QED) is 0.311. The van der Waals surface area contributed by atoms with Crippen LogP contribution in [-0.2, 0) is 6.42 Å². The van der Waals surface area contributed by atoms with Gasteiger partial charge in [-0.1, -0.05) is 52.3 Å². The first-order valence-electron chi connectivity index (χ1n) is 10.6. The van der Waals surface area contributed by atoms with Crippen LogP contribution in [0.2, 0.25) is 0 Å². The molecule has 0 amide bonds. The van der Waals surface area contributed by atoms with Crippen molar-refractivity contribution in [2.24, 2.45) is 0 Å². The van der Waals surface area contributed by atoms with Gasteiger partial charge in [0.1, 0.15) is 5.82 Å². The van der Waals surface area contributed by atoms with Crippen LogP contribution in [0.15, 0.2) is 82.3 Å². The predicted molar refractivity (Wildman–Crippen MR) is 130 cm³/mol. The van der Waals surface area contributed by atoms with Crippen LogP contribution < -0.4 is 11.0 Å². The normalized spacial score (nSPS) is 15.2. The Bertz CT molecular complexity index is 1500. The molecule has 2 heterocycles. The summed E-state index contributed by atoms with van der Waals surface area (Å²) in [4.78, 5) is 23.7. The standard InChI is InChI=1S/C25H20BrN5O/c26-17-8-5-16(6-9-17)23-24(29-20-11-7-15-3-1-2-4-19(15)20)30-25(32)31(23)18-10-12-21-22(13-18)28-14-27-21/h1-6,8-10,12-14,20,29H,7,11H2,(H,27,28)(H,30,32)/t20-/m0/s1. The molecule has 6 nitrogen and oxygen atoms in total. The van der Waals surface area contributed by atoms with Gasteiger partial charge < -0.3 is 10.3 Å². The van der Waals surface area contributed by atoms with E-state index in [0.717, 1.165) is 51.1 Å². The van der Waals surface area contributed by atoms with Crippen molar-refractivity contribution in [3.8, 4) is 16.9 Å². The number of aryl methyl sites for hydroxylation is 1. The molecule has 6 rings (SSSR count). The maximum absolute atomic E-state index is 13.2. The number of halogens is 1. The zero-order chi connectivity index (χ0) is 21.7. The summed E-state index contributed by atoms with van der Waals surface area (Å²) in [5.41, 5.74) is 6.76. The molecule has 0 bridgehead atoms. The number of anilines is 1. The van der Waals surface area contributed by atoms with Gasteiger partial charge in [-0.3, -0.25) is 9.55 Å². The molecular weight excluding hydrogens is 466 g/mol. The Kier molecular flexibility index (Phi) is 4.50. The van der Waals surface area contributed by atoms with Crippen molar-refractivity contribution in [2.45, 2.75) is 18.9 Å². The molecule has 32 heavy (non-hydrogen) atoms. The van der Waals surface area contributed by atoms with Gasteiger partial charge in [0.2, 0.25) is 0 Å². The number of rotatable bonds is 4. The highest BCUT2D eigenvalue weighted by atomic mass is 79.9. The number of hydrogen-bond acceptors (Lipinski definition) is 3. The molecule has 3 aromatic carbocycles. The maximum Gasteiger partial charge on any atom is 0.332 e. The number of benzene rings is 3. The molecule has 3 N–H and O–H groups in total. The van der Waals surface area contributed by atoms with Crippen molar-refractivity contribution in [3.05, 3.63) is 99.1 Å². The Balaban J connectivity index is 1.51. The van der Waals surface area contributed by atoms with Gasteiger partial charge in [-0.15, -0.1) is 0 Å². The Hall–Kier alpha value is -3.58. The van der Waals surface area contributed by atoms with Gasteiger partial charge >= 0.3 is 5.69 Å². The molecule has 158 valence electrons. The van der Waals surface area contributed by atoms with Gasteiger partial charge in [0.25, 0.3) is 0 Å². The smallest absolute Gasteiger partial charge is 0.332 e. The number of nitrogens with one attached hydrogen (secondary N) is 3. The average molecular weight is 486 g/mol. The molecule has 0 saturated heterocycles. The van der Waals surface area contributed by atoms with Crippen LogP contribution >= 0.6 is 15.9 Å². The third kappa shape index (κ3) is 3.17. The molecule has 1 atom stereocenters. The lowest BCUT2D eigenvalue weighted by Crippen LogP contribution is -2.15. The zero-order valence-electron chi connectivity index (χ0n) is 17.1. The number of fused-ring (bicyclic) bond motifs is 2. The topological polar surface area (TPSA) is 78.5 Å². The van der Waals surface area contributed by atoms with E-state index in [-0.39, 0.29) is 11.7 Å². The Labute approximate surface area is 192 Å². The number of aromatic amines is 2. The van der Waals surface area contributed by atoms with Gasteiger partial charge in [-0.05, 0) is 54.3 Å². The largest absolute Gasteiger partial charge is 0.363 e. The summed E-state index contributed by atoms with van der Waals surface area (Å²) in [5, 5.41) is 3.63. The number of nitrogens with zero attached hydrogens (tertiary/aromatic N) is 2. The van der Waals surface area contributed by atoms with E-state index in [1.807, 2.05) is 42.5 Å². The van der Waals surface area contributed by atoms with Crippen molar-refractivity contribution in [1.29, 1.82) is 0 Å². The average Bonchev–Trinajstić information content (AvgIpc) is 3.51. The second kappa shape index (κ2) is 7.53. The van der Waals surface area contributed by atoms with Crippen molar-refractivity contribution >= 4 is 32.8 Å². The summed E-state index contributed by atoms with van der Waals surface area (Å²) >= 11 is 3.51. The zero-order valence-corrected chi connectivity index (χ0v) is 18.7. The molecule has 1 aliphatic carbocycles. The fraction of sp³-hybridized carbons (Fsp3) is 0.120. The predicted octanol–water partition coefficient (Wildman–Crippen LogP) is 5.57. The second-order valence-electron chi connectivity index (χ2n) is 8.03. The molecule has 7 heteroatoms. The van der Waals surface area contributed by atoms with Gasteiger partial charge in [-0.25, -0.2) is 9.78 Å². The number of aromatic nitrogens is 4. The third-order valence-electron chi connectivity index (χ3n) is 6.13. The number of hydrogen-bond donors (Lipinski definition) is 3. The Morgan fingerprint density at radius 3 is 2.78 bits per heavy atom. The SMILES string of the molecule is O=c1[nH]c(N[C@H]2CCc3ccccc32)c(-c2ccc(Br)cc2)n1-c1ccc2nc[nH]c2c1. The highest BCUT2D eigenvalue weighted by molar-refractivity contribution is 9.10. The first-order valence-corrected chi connectivity index (χ1v) is 11.4. The van der Waals surface area contributed by atoms with Crippen LogP contribution in [0.25, 0.3) is 28.0 Å². The van der Waals surface area contributed by atoms with Crippen molar-refractivity contribution in [3.63, 3.8) is 0 Å². The molecule has 0 fully saturated rings. The molecule has 0 radical (unpaired) electrons. The minimum Gasteiger partial charge on any atom is -0.363 e. The highest BCUT2D eigenvalue weighted by Gasteiger charge is 2.25. The van der Waals surface area contributed by atoms with Crippen molar-refractivity contribution in [1.82, 2.24) is 19.5 Å². The van der Waals surface area contributed by atoms with Crippen LogP contribution in [0.4, 0.5) is 5.82 Å². The van der Waals surface area contributed by atoms with E-state index in [9.17, 15) is 4.79 Å². The lowest BCUT2D eigenvalue weighted by Gasteiger charge is -2.17. The van der Waals surface area contributed by atoms with E-state index in [0.29, 0.717) is 0 Å². The summed E-state index contributed by atoms with van der Waals surface area (Å²) in [6.07, 6.45) is 3.68. The molecule has 0 unspecified atom stereocenters. The fourth-order valence-corrected chi connectivity index (χ4v) is 4.88. The summed E-state index contributed by atoms with van der Waals surface area (Å²) < 4.78 is 2.72. The van der Waals surface area contributed by atoms with Crippen molar-refractivity contribution in [2.75, 3.05) is 5.32 Å². The van der Waals surface area contributed by atoms with E-state index < -0.39 is 0 Å². The Morgan fingerprint density at radius 1 is 1.06 bits per heavy atom. The fourth-order valence-electron chi connectivity index (χ4n) is 4.61. The minimum atomic E-state index is -0.185. The van der Waals surface area contributed by atoms with Crippen LogP contribution in [0.1, 0.15) is 23.6 Å². The number of imidazole rings is 2. The molecule has 0 spiro atoms. The lowest BCUT2D eigenvalue weighted by atomic mass is 10.1. The van der Waals surface area contributed by atoms with Crippen LogP contribution in [0.3, 0.4) is 0 Å². The molecule has 1 aliphatic rings. The number of H-pyrrole nitrogens is 2. The molecule has 0 saturated carbocycles. The molecule has 5 aromatic rings. The van der Waals surface area contributed by atoms with Crippen LogP contribution in [0, 0.1) is 0 Å². The van der Waals surface area contributed by atoms with Gasteiger partial charge in [0, 0.05) is 10.0 Å². The summed E-state index contributed by atoms with van der Waals surface area (Å²) in [6, 6.07) is 22.5. The van der Waals surface area contributed by atoms with Crippen LogP contribution in [-0.4, -0.2) is 19.5 Å². The van der Waals surface area contributed by atoms with Gasteiger partial charge in [-0.2, -0.15) is 0 Å². The maximum atomic E-state index is 13.2. The molecule has 0 aliphatic heterocycles. The van der Waals surface area contributed by atoms with E-state index in [2.05, 4.69) is 60.5 Å². The van der Waals surface area contributed by atoms with Crippen molar-refractivity contribution < 1.29 is 0 Å². The monoisotopic (exact) mass is 485 g/mol. The summed E-state index contributed by atoms with van der Waals surface area (Å²) in [7, 11) is 0. The summed E-state index contributed by atoms with van der Waals surface area (Å²) in [6.45, 7) is 0. The summed E-state index contributed by atoms with van der Waals surface area (Å²) in [5.74, 6) is 0.726. The van der Waals surface area contributed by atoms with E-state index in [4.69, 9.17) is 0 Å². The van der Waals surface area contributed by atoms with E-state index in [1.54, 1.807) is 10.9 Å². The van der Waals surface area contributed by atoms with Gasteiger partial charge in [0.05, 0.1) is 34.8 Å². The molecular formula is C25H20BrN5O.